The van der Waals surface area contributed by atoms with Gasteiger partial charge in [-0.1, -0.05) is 141 Å². The van der Waals surface area contributed by atoms with E-state index in [2.05, 4.69) is 38.2 Å². The standard InChI is InChI=1S/C40H69N3O4/c1-3-5-7-9-11-13-15-17-19-21-23-25-27-29-31-33-37(44)42-36(41)35-39(46)43(40(42)47)38(45)34-32-30-28-26-24-22-20-18-16-14-12-10-8-6-4-2/h17-20,35H,3-16,21-34,41H2,1-2H3. The Morgan fingerprint density at radius 3 is 1.21 bits per heavy atom. The number of anilines is 1. The van der Waals surface area contributed by atoms with Gasteiger partial charge in [0.15, 0.2) is 0 Å². The van der Waals surface area contributed by atoms with Crippen molar-refractivity contribution in [1.29, 1.82) is 0 Å². The van der Waals surface area contributed by atoms with Crippen molar-refractivity contribution in [2.75, 3.05) is 5.73 Å². The second kappa shape index (κ2) is 29.4. The third kappa shape index (κ3) is 21.0. The van der Waals surface area contributed by atoms with Gasteiger partial charge < -0.3 is 5.73 Å². The molecule has 7 nitrogen and oxygen atoms in total. The summed E-state index contributed by atoms with van der Waals surface area (Å²) in [6.07, 6.45) is 39.4. The molecule has 1 aromatic heterocycles. The minimum atomic E-state index is -0.939. The number of rotatable bonds is 30. The molecule has 1 rings (SSSR count). The highest BCUT2D eigenvalue weighted by Gasteiger charge is 2.19. The third-order valence-electron chi connectivity index (χ3n) is 8.94. The molecule has 7 heteroatoms. The Morgan fingerprint density at radius 1 is 0.511 bits per heavy atom. The van der Waals surface area contributed by atoms with Crippen molar-refractivity contribution in [3.63, 3.8) is 0 Å². The molecule has 0 saturated carbocycles. The Morgan fingerprint density at radius 2 is 0.830 bits per heavy atom. The average Bonchev–Trinajstić information content (AvgIpc) is 3.04. The number of nitrogens with two attached hydrogens (primary N) is 1. The van der Waals surface area contributed by atoms with E-state index in [1.807, 2.05) is 0 Å². The molecule has 0 aliphatic carbocycles. The lowest BCUT2D eigenvalue weighted by Gasteiger charge is -2.11. The largest absolute Gasteiger partial charge is 0.384 e. The fraction of sp³-hybridized carbons (Fsp3) is 0.750. The number of unbranched alkanes of at least 4 members (excludes halogenated alkanes) is 22. The van der Waals surface area contributed by atoms with Gasteiger partial charge in [-0.3, -0.25) is 14.4 Å². The van der Waals surface area contributed by atoms with Crippen LogP contribution in [0.15, 0.2) is 40.0 Å². The predicted molar refractivity (Wildman–Crippen MR) is 200 cm³/mol. The van der Waals surface area contributed by atoms with Crippen LogP contribution in [-0.2, 0) is 0 Å². The molecule has 0 spiro atoms. The SMILES string of the molecule is CCCCCCCCC=CCCCCCCCC(=O)n1c(N)cc(=O)n(C(=O)CCCCCCCC=CCCCCCCCC)c1=O. The number of hydrogen-bond donors (Lipinski definition) is 1. The maximum atomic E-state index is 13.0. The van der Waals surface area contributed by atoms with Gasteiger partial charge in [0.1, 0.15) is 5.82 Å². The number of nitrogens with zero attached hydrogens (tertiary/aromatic N) is 2. The van der Waals surface area contributed by atoms with Gasteiger partial charge in [-0.15, -0.1) is 0 Å². The van der Waals surface area contributed by atoms with Crippen LogP contribution in [0.1, 0.15) is 203 Å². The van der Waals surface area contributed by atoms with Crippen LogP contribution in [0.5, 0.6) is 0 Å². The number of nitrogen functional groups attached to an aromatic ring is 1. The van der Waals surface area contributed by atoms with Crippen molar-refractivity contribution in [2.24, 2.45) is 0 Å². The summed E-state index contributed by atoms with van der Waals surface area (Å²) in [7, 11) is 0. The molecule has 0 aromatic carbocycles. The molecule has 0 unspecified atom stereocenters. The van der Waals surface area contributed by atoms with Crippen LogP contribution in [0, 0.1) is 0 Å². The van der Waals surface area contributed by atoms with E-state index in [1.165, 1.54) is 89.9 Å². The molecule has 1 heterocycles. The molecule has 0 aliphatic rings. The molecule has 0 radical (unpaired) electrons. The number of hydrogen-bond acceptors (Lipinski definition) is 5. The Balaban J connectivity index is 2.26. The van der Waals surface area contributed by atoms with Gasteiger partial charge in [0, 0.05) is 18.9 Å². The molecular weight excluding hydrogens is 586 g/mol. The van der Waals surface area contributed by atoms with Crippen molar-refractivity contribution < 1.29 is 9.59 Å². The van der Waals surface area contributed by atoms with E-state index < -0.39 is 23.1 Å². The second-order valence-corrected chi connectivity index (χ2v) is 13.3. The van der Waals surface area contributed by atoms with E-state index >= 15 is 0 Å². The van der Waals surface area contributed by atoms with Gasteiger partial charge >= 0.3 is 5.69 Å². The summed E-state index contributed by atoms with van der Waals surface area (Å²) in [4.78, 5) is 51.1. The zero-order valence-corrected chi connectivity index (χ0v) is 30.3. The molecule has 0 aliphatic heterocycles. The molecule has 0 fully saturated rings. The summed E-state index contributed by atoms with van der Waals surface area (Å²) in [5, 5.41) is 0. The highest BCUT2D eigenvalue weighted by Crippen LogP contribution is 2.12. The maximum Gasteiger partial charge on any atom is 0.346 e. The Kier molecular flexibility index (Phi) is 26.5. The molecule has 0 saturated heterocycles. The first-order valence-electron chi connectivity index (χ1n) is 19.4. The number of aromatic nitrogens is 2. The van der Waals surface area contributed by atoms with E-state index in [0.717, 1.165) is 74.8 Å². The van der Waals surface area contributed by atoms with E-state index in [4.69, 9.17) is 5.73 Å². The summed E-state index contributed by atoms with van der Waals surface area (Å²) in [5.41, 5.74) is 4.18. The van der Waals surface area contributed by atoms with E-state index in [1.54, 1.807) is 0 Å². The van der Waals surface area contributed by atoms with E-state index in [9.17, 15) is 19.2 Å². The van der Waals surface area contributed by atoms with Gasteiger partial charge in [0.05, 0.1) is 0 Å². The zero-order valence-electron chi connectivity index (χ0n) is 30.3. The molecule has 0 amide bonds. The van der Waals surface area contributed by atoms with E-state index in [0.29, 0.717) is 17.4 Å². The van der Waals surface area contributed by atoms with Crippen LogP contribution in [0.3, 0.4) is 0 Å². The molecule has 1 aromatic rings. The lowest BCUT2D eigenvalue weighted by molar-refractivity contribution is 0.0870. The number of allylic oxidation sites excluding steroid dienone is 4. The lowest BCUT2D eigenvalue weighted by atomic mass is 10.1. The van der Waals surface area contributed by atoms with E-state index in [-0.39, 0.29) is 18.7 Å². The van der Waals surface area contributed by atoms with Crippen molar-refractivity contribution in [1.82, 2.24) is 9.13 Å². The quantitative estimate of drug-likeness (QED) is 0.0656. The number of carbonyl (C=O) groups is 2. The Hall–Kier alpha value is -2.70. The Labute approximate surface area is 286 Å². The third-order valence-corrected chi connectivity index (χ3v) is 8.94. The van der Waals surface area contributed by atoms with Crippen molar-refractivity contribution in [3.8, 4) is 0 Å². The topological polar surface area (TPSA) is 104 Å². The zero-order chi connectivity index (χ0) is 34.4. The molecule has 47 heavy (non-hydrogen) atoms. The van der Waals surface area contributed by atoms with Crippen LogP contribution >= 0.6 is 0 Å². The highest BCUT2D eigenvalue weighted by molar-refractivity contribution is 5.83. The van der Waals surface area contributed by atoms with Gasteiger partial charge in [-0.05, 0) is 64.2 Å². The summed E-state index contributed by atoms with van der Waals surface area (Å²) in [6, 6.07) is 1.01. The molecule has 268 valence electrons. The first kappa shape index (κ1) is 42.3. The van der Waals surface area contributed by atoms with Gasteiger partial charge in [0.2, 0.25) is 11.8 Å². The first-order chi connectivity index (χ1) is 22.9. The molecular formula is C40H69N3O4. The monoisotopic (exact) mass is 656 g/mol. The fourth-order valence-corrected chi connectivity index (χ4v) is 5.96. The summed E-state index contributed by atoms with van der Waals surface area (Å²) >= 11 is 0. The summed E-state index contributed by atoms with van der Waals surface area (Å²) in [6.45, 7) is 4.49. The highest BCUT2D eigenvalue weighted by atomic mass is 16.2. The van der Waals surface area contributed by atoms with Crippen LogP contribution in [0.2, 0.25) is 0 Å². The molecule has 0 atom stereocenters. The van der Waals surface area contributed by atoms with Crippen LogP contribution in [0.4, 0.5) is 5.82 Å². The molecule has 2 N–H and O–H groups in total. The van der Waals surface area contributed by atoms with Crippen LogP contribution in [0.25, 0.3) is 0 Å². The van der Waals surface area contributed by atoms with Crippen LogP contribution in [-0.4, -0.2) is 20.9 Å². The second-order valence-electron chi connectivity index (χ2n) is 13.3. The normalized spacial score (nSPS) is 11.7. The molecule has 0 bridgehead atoms. The maximum absolute atomic E-state index is 13.0. The first-order valence-corrected chi connectivity index (χ1v) is 19.4. The summed E-state index contributed by atoms with van der Waals surface area (Å²) < 4.78 is 1.39. The van der Waals surface area contributed by atoms with Gasteiger partial charge in [-0.25, -0.2) is 9.36 Å². The minimum absolute atomic E-state index is 0.0969. The number of carbonyl (C=O) groups excluding carboxylic acids is 2. The predicted octanol–water partition coefficient (Wildman–Crippen LogP) is 10.9. The minimum Gasteiger partial charge on any atom is -0.384 e. The average molecular weight is 656 g/mol. The van der Waals surface area contributed by atoms with Gasteiger partial charge in [-0.2, -0.15) is 4.57 Å². The Bertz CT molecular complexity index is 1130. The smallest absolute Gasteiger partial charge is 0.346 e. The van der Waals surface area contributed by atoms with Crippen molar-refractivity contribution >= 4 is 17.6 Å². The summed E-state index contributed by atoms with van der Waals surface area (Å²) in [5.74, 6) is -1.24. The van der Waals surface area contributed by atoms with Crippen LogP contribution < -0.4 is 17.0 Å². The fourth-order valence-electron chi connectivity index (χ4n) is 5.96. The lowest BCUT2D eigenvalue weighted by Crippen LogP contribution is -2.45. The van der Waals surface area contributed by atoms with Crippen molar-refractivity contribution in [2.45, 2.75) is 194 Å². The van der Waals surface area contributed by atoms with Gasteiger partial charge in [0.25, 0.3) is 5.56 Å². The van der Waals surface area contributed by atoms with Crippen molar-refractivity contribution in [3.05, 3.63) is 51.2 Å².